The topological polar surface area (TPSA) is 72.9 Å². The lowest BCUT2D eigenvalue weighted by Crippen LogP contribution is -2.19. The molecule has 1 amide bonds. The number of anilines is 2. The Morgan fingerprint density at radius 1 is 1.24 bits per heavy atom. The fraction of sp³-hybridized carbons (Fsp3) is 0.125. The van der Waals surface area contributed by atoms with Crippen molar-refractivity contribution in [1.29, 1.82) is 0 Å². The van der Waals surface area contributed by atoms with Crippen molar-refractivity contribution in [3.05, 3.63) is 54.4 Å². The highest BCUT2D eigenvalue weighted by Gasteiger charge is 2.10. The summed E-state index contributed by atoms with van der Waals surface area (Å²) in [6.07, 6.45) is 1.67. The van der Waals surface area contributed by atoms with Crippen molar-refractivity contribution in [2.24, 2.45) is 0 Å². The molecule has 0 radical (unpaired) electrons. The molecule has 0 bridgehead atoms. The van der Waals surface area contributed by atoms with Crippen LogP contribution in [-0.2, 0) is 11.3 Å². The maximum atomic E-state index is 12.2. The molecule has 0 spiro atoms. The van der Waals surface area contributed by atoms with E-state index in [1.54, 1.807) is 12.4 Å². The summed E-state index contributed by atoms with van der Waals surface area (Å²) in [5.74, 6) is -0.126. The van der Waals surface area contributed by atoms with E-state index in [2.05, 4.69) is 10.3 Å². The SMILES string of the molecule is Cc1cccc(N)c1NC(=O)Cn1cnc2ccccc21. The Morgan fingerprint density at radius 2 is 2.05 bits per heavy atom. The highest BCUT2D eigenvalue weighted by Crippen LogP contribution is 2.22. The second-order valence-corrected chi connectivity index (χ2v) is 4.95. The fourth-order valence-electron chi connectivity index (χ4n) is 2.33. The number of nitrogens with one attached hydrogen (secondary N) is 1. The zero-order valence-electron chi connectivity index (χ0n) is 11.7. The van der Waals surface area contributed by atoms with Crippen molar-refractivity contribution in [2.75, 3.05) is 11.1 Å². The van der Waals surface area contributed by atoms with E-state index in [-0.39, 0.29) is 12.5 Å². The number of carbonyl (C=O) groups is 1. The minimum atomic E-state index is -0.126. The first-order valence-electron chi connectivity index (χ1n) is 6.70. The Kier molecular flexibility index (Phi) is 3.31. The van der Waals surface area contributed by atoms with E-state index in [1.807, 2.05) is 47.9 Å². The number of fused-ring (bicyclic) bond motifs is 1. The summed E-state index contributed by atoms with van der Waals surface area (Å²) >= 11 is 0. The largest absolute Gasteiger partial charge is 0.397 e. The number of aryl methyl sites for hydroxylation is 1. The molecule has 0 aliphatic heterocycles. The van der Waals surface area contributed by atoms with Crippen LogP contribution in [0.15, 0.2) is 48.8 Å². The van der Waals surface area contributed by atoms with E-state index in [1.165, 1.54) is 0 Å². The molecule has 3 aromatic rings. The van der Waals surface area contributed by atoms with Gasteiger partial charge in [0.05, 0.1) is 28.7 Å². The minimum absolute atomic E-state index is 0.126. The van der Waals surface area contributed by atoms with Crippen LogP contribution in [-0.4, -0.2) is 15.5 Å². The van der Waals surface area contributed by atoms with E-state index in [0.29, 0.717) is 11.4 Å². The molecule has 0 atom stereocenters. The van der Waals surface area contributed by atoms with Crippen LogP contribution in [0.4, 0.5) is 11.4 Å². The Hall–Kier alpha value is -2.82. The molecule has 3 rings (SSSR count). The van der Waals surface area contributed by atoms with Crippen LogP contribution in [0.25, 0.3) is 11.0 Å². The molecule has 0 aliphatic carbocycles. The fourth-order valence-corrected chi connectivity index (χ4v) is 2.33. The number of hydrogen-bond donors (Lipinski definition) is 2. The van der Waals surface area contributed by atoms with Crippen molar-refractivity contribution in [3.8, 4) is 0 Å². The number of aromatic nitrogens is 2. The van der Waals surface area contributed by atoms with E-state index >= 15 is 0 Å². The predicted molar refractivity (Wildman–Crippen MR) is 84.0 cm³/mol. The van der Waals surface area contributed by atoms with Gasteiger partial charge in [0, 0.05) is 0 Å². The molecule has 0 aliphatic rings. The summed E-state index contributed by atoms with van der Waals surface area (Å²) < 4.78 is 1.82. The number of carbonyl (C=O) groups excluding carboxylic acids is 1. The number of nitrogens with zero attached hydrogens (tertiary/aromatic N) is 2. The monoisotopic (exact) mass is 280 g/mol. The predicted octanol–water partition coefficient (Wildman–Crippen LogP) is 2.57. The van der Waals surface area contributed by atoms with Crippen molar-refractivity contribution in [2.45, 2.75) is 13.5 Å². The number of nitrogens with two attached hydrogens (primary N) is 1. The van der Waals surface area contributed by atoms with E-state index in [9.17, 15) is 4.79 Å². The third kappa shape index (κ3) is 2.58. The standard InChI is InChI=1S/C16H16N4O/c1-11-5-4-6-12(17)16(11)19-15(21)9-20-10-18-13-7-2-3-8-14(13)20/h2-8,10H,9,17H2,1H3,(H,19,21). The van der Waals surface area contributed by atoms with Gasteiger partial charge in [-0.3, -0.25) is 4.79 Å². The molecule has 0 fully saturated rings. The van der Waals surface area contributed by atoms with Gasteiger partial charge >= 0.3 is 0 Å². The quantitative estimate of drug-likeness (QED) is 0.724. The molecule has 106 valence electrons. The molecule has 1 heterocycles. The lowest BCUT2D eigenvalue weighted by molar-refractivity contribution is -0.116. The van der Waals surface area contributed by atoms with Gasteiger partial charge in [0.2, 0.25) is 5.91 Å². The van der Waals surface area contributed by atoms with E-state index in [4.69, 9.17) is 5.73 Å². The van der Waals surface area contributed by atoms with Crippen LogP contribution in [0.2, 0.25) is 0 Å². The van der Waals surface area contributed by atoms with Gasteiger partial charge in [0.25, 0.3) is 0 Å². The van der Waals surface area contributed by atoms with Crippen LogP contribution >= 0.6 is 0 Å². The van der Waals surface area contributed by atoms with Crippen LogP contribution in [0.5, 0.6) is 0 Å². The summed E-state index contributed by atoms with van der Waals surface area (Å²) in [5.41, 5.74) is 9.90. The van der Waals surface area contributed by atoms with Gasteiger partial charge in [-0.05, 0) is 30.7 Å². The van der Waals surface area contributed by atoms with E-state index in [0.717, 1.165) is 16.6 Å². The normalized spacial score (nSPS) is 10.7. The van der Waals surface area contributed by atoms with Crippen LogP contribution in [0.1, 0.15) is 5.56 Å². The van der Waals surface area contributed by atoms with Gasteiger partial charge in [0.1, 0.15) is 6.54 Å². The second-order valence-electron chi connectivity index (χ2n) is 4.95. The van der Waals surface area contributed by atoms with Gasteiger partial charge in [-0.15, -0.1) is 0 Å². The molecule has 5 heteroatoms. The molecule has 2 aromatic carbocycles. The first kappa shape index (κ1) is 13.2. The third-order valence-electron chi connectivity index (χ3n) is 3.41. The molecular weight excluding hydrogens is 264 g/mol. The Morgan fingerprint density at radius 3 is 2.86 bits per heavy atom. The van der Waals surface area contributed by atoms with Crippen molar-refractivity contribution in [3.63, 3.8) is 0 Å². The summed E-state index contributed by atoms with van der Waals surface area (Å²) in [6.45, 7) is 2.12. The third-order valence-corrected chi connectivity index (χ3v) is 3.41. The maximum Gasteiger partial charge on any atom is 0.244 e. The summed E-state index contributed by atoms with van der Waals surface area (Å²) in [5, 5.41) is 2.87. The lowest BCUT2D eigenvalue weighted by atomic mass is 10.1. The highest BCUT2D eigenvalue weighted by molar-refractivity contribution is 5.95. The van der Waals surface area contributed by atoms with Crippen LogP contribution < -0.4 is 11.1 Å². The van der Waals surface area contributed by atoms with Gasteiger partial charge in [-0.25, -0.2) is 4.98 Å². The van der Waals surface area contributed by atoms with Gasteiger partial charge in [-0.2, -0.15) is 0 Å². The molecule has 0 saturated carbocycles. The number of imidazole rings is 1. The molecule has 21 heavy (non-hydrogen) atoms. The molecule has 0 unspecified atom stereocenters. The van der Waals surface area contributed by atoms with Crippen molar-refractivity contribution >= 4 is 28.3 Å². The van der Waals surface area contributed by atoms with Gasteiger partial charge in [0.15, 0.2) is 0 Å². The molecule has 0 saturated heterocycles. The second kappa shape index (κ2) is 5.28. The number of para-hydroxylation sites is 3. The Balaban J connectivity index is 1.81. The number of hydrogen-bond acceptors (Lipinski definition) is 3. The number of nitrogen functional groups attached to an aromatic ring is 1. The maximum absolute atomic E-state index is 12.2. The first-order chi connectivity index (χ1) is 10.1. The van der Waals surface area contributed by atoms with Crippen molar-refractivity contribution < 1.29 is 4.79 Å². The average molecular weight is 280 g/mol. The molecule has 3 N–H and O–H groups in total. The van der Waals surface area contributed by atoms with Crippen molar-refractivity contribution in [1.82, 2.24) is 9.55 Å². The van der Waals surface area contributed by atoms with E-state index < -0.39 is 0 Å². The highest BCUT2D eigenvalue weighted by atomic mass is 16.1. The first-order valence-corrected chi connectivity index (χ1v) is 6.70. The molecule has 1 aromatic heterocycles. The smallest absolute Gasteiger partial charge is 0.244 e. The lowest BCUT2D eigenvalue weighted by Gasteiger charge is -2.11. The molecule has 5 nitrogen and oxygen atoms in total. The Labute approximate surface area is 122 Å². The number of rotatable bonds is 3. The molecular formula is C16H16N4O. The van der Waals surface area contributed by atoms with Crippen LogP contribution in [0.3, 0.4) is 0 Å². The van der Waals surface area contributed by atoms with Gasteiger partial charge < -0.3 is 15.6 Å². The minimum Gasteiger partial charge on any atom is -0.397 e. The Bertz CT molecular complexity index is 787. The number of amides is 1. The number of benzene rings is 2. The van der Waals surface area contributed by atoms with Gasteiger partial charge in [-0.1, -0.05) is 24.3 Å². The summed E-state index contributed by atoms with van der Waals surface area (Å²) in [7, 11) is 0. The average Bonchev–Trinajstić information content (AvgIpc) is 2.87. The zero-order chi connectivity index (χ0) is 14.8. The van der Waals surface area contributed by atoms with Crippen LogP contribution in [0, 0.1) is 6.92 Å². The zero-order valence-corrected chi connectivity index (χ0v) is 11.7. The summed E-state index contributed by atoms with van der Waals surface area (Å²) in [6, 6.07) is 13.3. The summed E-state index contributed by atoms with van der Waals surface area (Å²) in [4.78, 5) is 16.5.